The van der Waals surface area contributed by atoms with Crippen molar-refractivity contribution >= 4 is 45.3 Å². The maximum absolute atomic E-state index is 13.1. The molecule has 8 heteroatoms. The lowest BCUT2D eigenvalue weighted by Crippen LogP contribution is -2.48. The summed E-state index contributed by atoms with van der Waals surface area (Å²) in [6.07, 6.45) is 4.88. The second-order valence-electron chi connectivity index (χ2n) is 8.52. The first-order valence-corrected chi connectivity index (χ1v) is 11.9. The Kier molecular flexibility index (Phi) is 7.26. The molecular weight excluding hydrogens is 500 g/mol. The predicted octanol–water partition coefficient (Wildman–Crippen LogP) is 3.80. The molecular formula is C26H25BrN2O5. The summed E-state index contributed by atoms with van der Waals surface area (Å²) in [7, 11) is 0. The second-order valence-corrected chi connectivity index (χ2v) is 9.44. The van der Waals surface area contributed by atoms with Gasteiger partial charge in [0, 0.05) is 16.6 Å². The van der Waals surface area contributed by atoms with Gasteiger partial charge in [-0.05, 0) is 49.1 Å². The van der Waals surface area contributed by atoms with Gasteiger partial charge < -0.3 is 10.1 Å². The molecule has 0 saturated carbocycles. The number of esters is 1. The molecule has 34 heavy (non-hydrogen) atoms. The van der Waals surface area contributed by atoms with Gasteiger partial charge in [0.1, 0.15) is 6.04 Å². The van der Waals surface area contributed by atoms with Crippen molar-refractivity contribution in [1.29, 1.82) is 0 Å². The van der Waals surface area contributed by atoms with Gasteiger partial charge in [-0.2, -0.15) is 0 Å². The summed E-state index contributed by atoms with van der Waals surface area (Å²) in [4.78, 5) is 52.8. The highest BCUT2D eigenvalue weighted by molar-refractivity contribution is 9.10. The second kappa shape index (κ2) is 10.3. The highest BCUT2D eigenvalue weighted by Gasteiger charge is 2.51. The van der Waals surface area contributed by atoms with Crippen LogP contribution in [-0.2, 0) is 30.3 Å². The number of hydrogen-bond donors (Lipinski definition) is 1. The molecule has 1 aliphatic carbocycles. The van der Waals surface area contributed by atoms with E-state index in [-0.39, 0.29) is 18.2 Å². The summed E-state index contributed by atoms with van der Waals surface area (Å²) in [5, 5.41) is 2.72. The summed E-state index contributed by atoms with van der Waals surface area (Å²) < 4.78 is 6.20. The number of aryl methyl sites for hydroxylation is 1. The number of fused-ring (bicyclic) bond motifs is 1. The third-order valence-electron chi connectivity index (χ3n) is 6.21. The van der Waals surface area contributed by atoms with Crippen LogP contribution in [0.25, 0.3) is 0 Å². The molecule has 3 amide bonds. The van der Waals surface area contributed by atoms with Crippen molar-refractivity contribution in [2.45, 2.75) is 32.2 Å². The number of rotatable bonds is 7. The summed E-state index contributed by atoms with van der Waals surface area (Å²) in [5.74, 6) is -2.90. The van der Waals surface area contributed by atoms with E-state index in [1.54, 1.807) is 12.1 Å². The fraction of sp³-hybridized carbons (Fsp3) is 0.308. The molecule has 1 fully saturated rings. The number of ether oxygens (including phenoxy) is 1. The molecule has 4 rings (SSSR count). The van der Waals surface area contributed by atoms with Crippen LogP contribution in [0.2, 0.25) is 0 Å². The van der Waals surface area contributed by atoms with Gasteiger partial charge in [-0.3, -0.25) is 19.3 Å². The minimum absolute atomic E-state index is 0.122. The number of benzene rings is 2. The van der Waals surface area contributed by atoms with Crippen molar-refractivity contribution in [3.63, 3.8) is 0 Å². The number of likely N-dealkylation sites (tertiary alicyclic amines) is 1. The van der Waals surface area contributed by atoms with Gasteiger partial charge in [0.15, 0.2) is 6.61 Å². The molecule has 7 nitrogen and oxygen atoms in total. The number of nitrogens with one attached hydrogen (secondary N) is 1. The number of anilines is 1. The Morgan fingerprint density at radius 2 is 1.71 bits per heavy atom. The van der Waals surface area contributed by atoms with E-state index in [1.165, 1.54) is 0 Å². The minimum Gasteiger partial charge on any atom is -0.454 e. The van der Waals surface area contributed by atoms with Crippen molar-refractivity contribution in [3.8, 4) is 0 Å². The lowest BCUT2D eigenvalue weighted by atomic mass is 9.85. The first-order chi connectivity index (χ1) is 16.3. The fourth-order valence-electron chi connectivity index (χ4n) is 4.44. The summed E-state index contributed by atoms with van der Waals surface area (Å²) in [5.41, 5.74) is 2.24. The highest BCUT2D eigenvalue weighted by atomic mass is 79.9. The summed E-state index contributed by atoms with van der Waals surface area (Å²) in [6.45, 7) is 1.32. The molecule has 3 atom stereocenters. The van der Waals surface area contributed by atoms with Crippen molar-refractivity contribution in [2.75, 3.05) is 11.9 Å². The van der Waals surface area contributed by atoms with E-state index < -0.39 is 36.4 Å². The van der Waals surface area contributed by atoms with Gasteiger partial charge in [-0.1, -0.05) is 58.4 Å². The number of nitrogens with zero attached hydrogens (tertiary/aromatic N) is 1. The molecule has 176 valence electrons. The van der Waals surface area contributed by atoms with Gasteiger partial charge in [0.25, 0.3) is 5.91 Å². The van der Waals surface area contributed by atoms with Crippen molar-refractivity contribution < 1.29 is 23.9 Å². The zero-order chi connectivity index (χ0) is 24.2. The smallest absolute Gasteiger partial charge is 0.330 e. The van der Waals surface area contributed by atoms with Crippen LogP contribution in [0.1, 0.15) is 24.0 Å². The maximum atomic E-state index is 13.1. The van der Waals surface area contributed by atoms with Gasteiger partial charge in [-0.25, -0.2) is 4.79 Å². The Morgan fingerprint density at radius 1 is 1.06 bits per heavy atom. The Balaban J connectivity index is 1.48. The largest absolute Gasteiger partial charge is 0.454 e. The average molecular weight is 525 g/mol. The molecule has 2 aliphatic rings. The molecule has 1 aliphatic heterocycles. The monoisotopic (exact) mass is 524 g/mol. The summed E-state index contributed by atoms with van der Waals surface area (Å²) in [6, 6.07) is 13.4. The lowest BCUT2D eigenvalue weighted by Gasteiger charge is -2.25. The van der Waals surface area contributed by atoms with Gasteiger partial charge >= 0.3 is 5.97 Å². The third kappa shape index (κ3) is 5.12. The average Bonchev–Trinajstić information content (AvgIpc) is 3.08. The van der Waals surface area contributed by atoms with Gasteiger partial charge in [0.05, 0.1) is 11.8 Å². The maximum Gasteiger partial charge on any atom is 0.330 e. The van der Waals surface area contributed by atoms with Crippen LogP contribution in [0.15, 0.2) is 65.2 Å². The first kappa shape index (κ1) is 23.9. The molecule has 1 N–H and O–H groups in total. The Hall–Kier alpha value is -3.26. The third-order valence-corrected chi connectivity index (χ3v) is 6.70. The number of hydrogen-bond acceptors (Lipinski definition) is 5. The molecule has 0 unspecified atom stereocenters. The first-order valence-electron chi connectivity index (χ1n) is 11.1. The number of amides is 3. The molecule has 0 spiro atoms. The molecule has 2 aromatic rings. The number of imide groups is 1. The van der Waals surface area contributed by atoms with Gasteiger partial charge in [0.2, 0.25) is 11.8 Å². The molecule has 2 aromatic carbocycles. The normalized spacial score (nSPS) is 20.1. The van der Waals surface area contributed by atoms with Crippen LogP contribution < -0.4 is 5.32 Å². The molecule has 0 aromatic heterocycles. The fourth-order valence-corrected chi connectivity index (χ4v) is 4.91. The van der Waals surface area contributed by atoms with E-state index in [9.17, 15) is 19.2 Å². The number of carbonyl (C=O) groups excluding carboxylic acids is 4. The topological polar surface area (TPSA) is 92.8 Å². The van der Waals surface area contributed by atoms with E-state index in [1.807, 2.05) is 55.5 Å². The van der Waals surface area contributed by atoms with Crippen LogP contribution in [0.5, 0.6) is 0 Å². The minimum atomic E-state index is -1.13. The van der Waals surface area contributed by atoms with E-state index in [0.29, 0.717) is 18.5 Å². The van der Waals surface area contributed by atoms with Crippen LogP contribution in [0.4, 0.5) is 5.69 Å². The number of halogens is 1. The van der Waals surface area contributed by atoms with E-state index >= 15 is 0 Å². The van der Waals surface area contributed by atoms with E-state index in [4.69, 9.17) is 4.74 Å². The highest BCUT2D eigenvalue weighted by Crippen LogP contribution is 2.36. The zero-order valence-electron chi connectivity index (χ0n) is 18.7. The van der Waals surface area contributed by atoms with Crippen LogP contribution in [0, 0.1) is 18.8 Å². The number of carbonyl (C=O) groups is 4. The standard InChI is InChI=1S/C26H25BrN2O5/c1-16-13-18(27)11-12-21(16)28-23(30)15-34-26(33)22(14-17-7-3-2-4-8-17)29-24(31)19-9-5-6-10-20(19)25(29)32/h2-8,11-13,19-20,22H,9-10,14-15H2,1H3,(H,28,30)/t19-,20+,22-/m1/s1. The zero-order valence-corrected chi connectivity index (χ0v) is 20.3. The predicted molar refractivity (Wildman–Crippen MR) is 130 cm³/mol. The van der Waals surface area contributed by atoms with Crippen molar-refractivity contribution in [1.82, 2.24) is 4.90 Å². The molecule has 1 saturated heterocycles. The van der Waals surface area contributed by atoms with Crippen molar-refractivity contribution in [3.05, 3.63) is 76.3 Å². The Labute approximate surface area is 206 Å². The van der Waals surface area contributed by atoms with Crippen LogP contribution >= 0.6 is 15.9 Å². The molecule has 0 radical (unpaired) electrons. The molecule has 1 heterocycles. The van der Waals surface area contributed by atoms with Crippen LogP contribution in [0.3, 0.4) is 0 Å². The number of allylic oxidation sites excluding steroid dienone is 2. The van der Waals surface area contributed by atoms with Crippen LogP contribution in [-0.4, -0.2) is 41.2 Å². The Morgan fingerprint density at radius 3 is 2.32 bits per heavy atom. The quantitative estimate of drug-likeness (QED) is 0.337. The van der Waals surface area contributed by atoms with E-state index in [0.717, 1.165) is 20.5 Å². The molecule has 0 bridgehead atoms. The lowest BCUT2D eigenvalue weighted by molar-refractivity contribution is -0.159. The van der Waals surface area contributed by atoms with E-state index in [2.05, 4.69) is 21.2 Å². The SMILES string of the molecule is Cc1cc(Br)ccc1NC(=O)COC(=O)[C@@H](Cc1ccccc1)N1C(=O)[C@H]2CC=CC[C@H]2C1=O. The van der Waals surface area contributed by atoms with Gasteiger partial charge in [-0.15, -0.1) is 0 Å². The Bertz CT molecular complexity index is 1120. The summed E-state index contributed by atoms with van der Waals surface area (Å²) >= 11 is 3.37. The van der Waals surface area contributed by atoms with Crippen molar-refractivity contribution in [2.24, 2.45) is 11.8 Å².